The lowest BCUT2D eigenvalue weighted by Crippen LogP contribution is -2.04. The Bertz CT molecular complexity index is 286. The number of pyridine rings is 1. The first kappa shape index (κ1) is 11.0. The molecule has 1 aromatic rings. The van der Waals surface area contributed by atoms with Crippen LogP contribution < -0.4 is 5.73 Å². The van der Waals surface area contributed by atoms with E-state index in [1.54, 1.807) is 18.5 Å². The van der Waals surface area contributed by atoms with Gasteiger partial charge in [-0.3, -0.25) is 4.98 Å². The maximum Gasteiger partial charge on any atom is 0.0825 e. The number of nitrogens with zero attached hydrogens (tertiary/aromatic N) is 1. The van der Waals surface area contributed by atoms with Crippen molar-refractivity contribution in [1.29, 1.82) is 0 Å². The summed E-state index contributed by atoms with van der Waals surface area (Å²) in [6, 6.07) is 1.72. The summed E-state index contributed by atoms with van der Waals surface area (Å²) in [4.78, 5) is 3.95. The topological polar surface area (TPSA) is 59.1 Å². The summed E-state index contributed by atoms with van der Waals surface area (Å²) in [7, 11) is 0. The monoisotopic (exact) mass is 194 g/mol. The molecule has 0 aliphatic heterocycles. The van der Waals surface area contributed by atoms with Crippen molar-refractivity contribution in [2.24, 2.45) is 5.92 Å². The molecule has 0 aliphatic rings. The molecule has 1 atom stereocenters. The maximum atomic E-state index is 9.83. The molecular weight excluding hydrogens is 176 g/mol. The number of aliphatic hydroxyl groups is 1. The third kappa shape index (κ3) is 3.00. The fourth-order valence-electron chi connectivity index (χ4n) is 1.34. The Morgan fingerprint density at radius 1 is 1.43 bits per heavy atom. The van der Waals surface area contributed by atoms with Crippen LogP contribution in [0.2, 0.25) is 0 Å². The van der Waals surface area contributed by atoms with Crippen molar-refractivity contribution < 1.29 is 5.11 Å². The van der Waals surface area contributed by atoms with E-state index in [1.807, 2.05) is 0 Å². The molecule has 1 aromatic heterocycles. The van der Waals surface area contributed by atoms with Crippen LogP contribution in [0.15, 0.2) is 18.5 Å². The van der Waals surface area contributed by atoms with Gasteiger partial charge < -0.3 is 10.8 Å². The summed E-state index contributed by atoms with van der Waals surface area (Å²) in [5, 5.41) is 9.83. The molecule has 0 spiro atoms. The van der Waals surface area contributed by atoms with Crippen molar-refractivity contribution in [3.63, 3.8) is 0 Å². The Balaban J connectivity index is 2.60. The quantitative estimate of drug-likeness (QED) is 0.772. The second kappa shape index (κ2) is 4.96. The number of nitrogens with two attached hydrogens (primary N) is 1. The average molecular weight is 194 g/mol. The van der Waals surface area contributed by atoms with Gasteiger partial charge in [-0.15, -0.1) is 0 Å². The van der Waals surface area contributed by atoms with Crippen LogP contribution in [0.25, 0.3) is 0 Å². The van der Waals surface area contributed by atoms with Crippen LogP contribution in [0.1, 0.15) is 38.4 Å². The van der Waals surface area contributed by atoms with Crippen molar-refractivity contribution >= 4 is 5.69 Å². The van der Waals surface area contributed by atoms with E-state index in [2.05, 4.69) is 18.8 Å². The number of aromatic nitrogens is 1. The van der Waals surface area contributed by atoms with Crippen LogP contribution in [0.4, 0.5) is 5.69 Å². The fourth-order valence-corrected chi connectivity index (χ4v) is 1.34. The normalized spacial score (nSPS) is 13.1. The minimum atomic E-state index is -0.480. The summed E-state index contributed by atoms with van der Waals surface area (Å²) in [6.45, 7) is 4.28. The number of aliphatic hydroxyl groups excluding tert-OH is 1. The predicted octanol–water partition coefficient (Wildman–Crippen LogP) is 2.13. The smallest absolute Gasteiger partial charge is 0.0825 e. The van der Waals surface area contributed by atoms with Crippen LogP contribution in [0.3, 0.4) is 0 Å². The van der Waals surface area contributed by atoms with Crippen molar-refractivity contribution in [2.75, 3.05) is 5.73 Å². The van der Waals surface area contributed by atoms with E-state index in [0.29, 0.717) is 11.6 Å². The van der Waals surface area contributed by atoms with E-state index in [4.69, 9.17) is 5.73 Å². The second-order valence-electron chi connectivity index (χ2n) is 3.99. The lowest BCUT2D eigenvalue weighted by molar-refractivity contribution is 0.159. The highest BCUT2D eigenvalue weighted by atomic mass is 16.3. The molecule has 0 bridgehead atoms. The standard InChI is InChI=1S/C11H18N2O/c1-8(2)3-4-11(14)9-7-13-6-5-10(9)12/h5-8,11,14H,3-4H2,1-2H3,(H2,12,13). The molecule has 1 unspecified atom stereocenters. The van der Waals surface area contributed by atoms with Gasteiger partial charge in [0.25, 0.3) is 0 Å². The molecule has 0 saturated heterocycles. The van der Waals surface area contributed by atoms with E-state index in [9.17, 15) is 5.11 Å². The van der Waals surface area contributed by atoms with E-state index < -0.39 is 6.10 Å². The highest BCUT2D eigenvalue weighted by Crippen LogP contribution is 2.24. The minimum Gasteiger partial charge on any atom is -0.398 e. The number of nitrogen functional groups attached to an aromatic ring is 1. The van der Waals surface area contributed by atoms with E-state index in [-0.39, 0.29) is 0 Å². The summed E-state index contributed by atoms with van der Waals surface area (Å²) in [6.07, 6.45) is 4.53. The average Bonchev–Trinajstić information content (AvgIpc) is 2.15. The van der Waals surface area contributed by atoms with E-state index in [1.165, 1.54) is 0 Å². The third-order valence-corrected chi connectivity index (χ3v) is 2.26. The van der Waals surface area contributed by atoms with Gasteiger partial charge in [0.2, 0.25) is 0 Å². The molecule has 1 rings (SSSR count). The molecule has 3 heteroatoms. The van der Waals surface area contributed by atoms with Crippen LogP contribution in [0, 0.1) is 5.92 Å². The number of hydrogen-bond donors (Lipinski definition) is 2. The van der Waals surface area contributed by atoms with Crippen molar-refractivity contribution in [3.05, 3.63) is 24.0 Å². The first-order chi connectivity index (χ1) is 6.61. The van der Waals surface area contributed by atoms with Crippen LogP contribution in [-0.2, 0) is 0 Å². The van der Waals surface area contributed by atoms with Gasteiger partial charge in [0.05, 0.1) is 6.10 Å². The van der Waals surface area contributed by atoms with Gasteiger partial charge in [0, 0.05) is 23.6 Å². The van der Waals surface area contributed by atoms with E-state index >= 15 is 0 Å². The lowest BCUT2D eigenvalue weighted by Gasteiger charge is -2.13. The molecule has 14 heavy (non-hydrogen) atoms. The van der Waals surface area contributed by atoms with Gasteiger partial charge in [0.15, 0.2) is 0 Å². The van der Waals surface area contributed by atoms with Crippen LogP contribution in [-0.4, -0.2) is 10.1 Å². The van der Waals surface area contributed by atoms with Gasteiger partial charge in [-0.25, -0.2) is 0 Å². The van der Waals surface area contributed by atoms with E-state index in [0.717, 1.165) is 18.4 Å². The molecular formula is C11H18N2O. The third-order valence-electron chi connectivity index (χ3n) is 2.26. The molecule has 0 aliphatic carbocycles. The van der Waals surface area contributed by atoms with Crippen molar-refractivity contribution in [1.82, 2.24) is 4.98 Å². The summed E-state index contributed by atoms with van der Waals surface area (Å²) in [5.41, 5.74) is 7.09. The zero-order chi connectivity index (χ0) is 10.6. The predicted molar refractivity (Wildman–Crippen MR) is 57.7 cm³/mol. The Hall–Kier alpha value is -1.09. The molecule has 1 heterocycles. The Kier molecular flexibility index (Phi) is 3.89. The second-order valence-corrected chi connectivity index (χ2v) is 3.99. The summed E-state index contributed by atoms with van der Waals surface area (Å²) < 4.78 is 0. The van der Waals surface area contributed by atoms with Crippen LogP contribution >= 0.6 is 0 Å². The molecule has 78 valence electrons. The zero-order valence-corrected chi connectivity index (χ0v) is 8.77. The number of anilines is 1. The van der Waals surface area contributed by atoms with Crippen molar-refractivity contribution in [2.45, 2.75) is 32.8 Å². The summed E-state index contributed by atoms with van der Waals surface area (Å²) in [5.74, 6) is 0.600. The van der Waals surface area contributed by atoms with Gasteiger partial charge in [0.1, 0.15) is 0 Å². The first-order valence-corrected chi connectivity index (χ1v) is 4.98. The first-order valence-electron chi connectivity index (χ1n) is 4.98. The molecule has 0 amide bonds. The van der Waals surface area contributed by atoms with Gasteiger partial charge in [-0.2, -0.15) is 0 Å². The lowest BCUT2D eigenvalue weighted by atomic mass is 10.0. The summed E-state index contributed by atoms with van der Waals surface area (Å²) >= 11 is 0. The molecule has 0 saturated carbocycles. The highest BCUT2D eigenvalue weighted by Gasteiger charge is 2.11. The Morgan fingerprint density at radius 2 is 2.14 bits per heavy atom. The molecule has 0 fully saturated rings. The molecule has 3 N–H and O–H groups in total. The van der Waals surface area contributed by atoms with Gasteiger partial charge in [-0.1, -0.05) is 13.8 Å². The minimum absolute atomic E-state index is 0.480. The van der Waals surface area contributed by atoms with Crippen molar-refractivity contribution in [3.8, 4) is 0 Å². The molecule has 0 radical (unpaired) electrons. The number of hydrogen-bond acceptors (Lipinski definition) is 3. The highest BCUT2D eigenvalue weighted by molar-refractivity contribution is 5.45. The number of rotatable bonds is 4. The molecule has 3 nitrogen and oxygen atoms in total. The van der Waals surface area contributed by atoms with Crippen LogP contribution in [0.5, 0.6) is 0 Å². The zero-order valence-electron chi connectivity index (χ0n) is 8.77. The SMILES string of the molecule is CC(C)CCC(O)c1cnccc1N. The largest absolute Gasteiger partial charge is 0.398 e. The fraction of sp³-hybridized carbons (Fsp3) is 0.545. The maximum absolute atomic E-state index is 9.83. The Labute approximate surface area is 85.0 Å². The Morgan fingerprint density at radius 3 is 2.71 bits per heavy atom. The van der Waals surface area contributed by atoms with Gasteiger partial charge >= 0.3 is 0 Å². The van der Waals surface area contributed by atoms with Gasteiger partial charge in [-0.05, 0) is 24.8 Å². The molecule has 0 aromatic carbocycles.